The molecule has 0 unspecified atom stereocenters. The predicted molar refractivity (Wildman–Crippen MR) is 70.1 cm³/mol. The fraction of sp³-hybridized carbons (Fsp3) is 0.615. The van der Waals surface area contributed by atoms with Gasteiger partial charge < -0.3 is 10.2 Å². The van der Waals surface area contributed by atoms with Gasteiger partial charge in [-0.2, -0.15) is 5.10 Å². The number of carbonyl (C=O) groups is 2. The van der Waals surface area contributed by atoms with E-state index in [4.69, 9.17) is 0 Å². The van der Waals surface area contributed by atoms with Gasteiger partial charge in [-0.3, -0.25) is 14.3 Å². The summed E-state index contributed by atoms with van der Waals surface area (Å²) in [6.45, 7) is 4.34. The van der Waals surface area contributed by atoms with Crippen molar-refractivity contribution in [2.24, 2.45) is 7.05 Å². The van der Waals surface area contributed by atoms with Gasteiger partial charge >= 0.3 is 0 Å². The molecule has 2 rings (SSSR count). The normalized spacial score (nSPS) is 18.6. The maximum Gasteiger partial charge on any atom is 0.249 e. The van der Waals surface area contributed by atoms with Gasteiger partial charge in [-0.1, -0.05) is 13.8 Å². The zero-order chi connectivity index (χ0) is 14.0. The molecule has 0 spiro atoms. The molecule has 6 heteroatoms. The zero-order valence-corrected chi connectivity index (χ0v) is 11.6. The summed E-state index contributed by atoms with van der Waals surface area (Å²) in [7, 11) is 1.83. The highest BCUT2D eigenvalue weighted by molar-refractivity contribution is 5.97. The van der Waals surface area contributed by atoms with Crippen molar-refractivity contribution in [1.82, 2.24) is 20.0 Å². The minimum Gasteiger partial charge on any atom is -0.340 e. The maximum absolute atomic E-state index is 12.5. The molecule has 2 heterocycles. The van der Waals surface area contributed by atoms with E-state index < -0.39 is 5.54 Å². The smallest absolute Gasteiger partial charge is 0.249 e. The fourth-order valence-corrected chi connectivity index (χ4v) is 2.51. The highest BCUT2D eigenvalue weighted by atomic mass is 16.2. The van der Waals surface area contributed by atoms with E-state index in [-0.39, 0.29) is 18.4 Å². The third kappa shape index (κ3) is 2.47. The molecule has 0 aromatic carbocycles. The molecule has 0 saturated carbocycles. The molecule has 1 aromatic heterocycles. The van der Waals surface area contributed by atoms with E-state index in [0.29, 0.717) is 19.4 Å². The minimum atomic E-state index is -0.746. The van der Waals surface area contributed by atoms with Crippen molar-refractivity contribution in [3.63, 3.8) is 0 Å². The molecule has 0 radical (unpaired) electrons. The number of nitrogens with zero attached hydrogens (tertiary/aromatic N) is 3. The van der Waals surface area contributed by atoms with Crippen LogP contribution in [0.2, 0.25) is 0 Å². The monoisotopic (exact) mass is 264 g/mol. The van der Waals surface area contributed by atoms with Crippen LogP contribution in [0.4, 0.5) is 0 Å². The fourth-order valence-electron chi connectivity index (χ4n) is 2.51. The van der Waals surface area contributed by atoms with Gasteiger partial charge in [-0.05, 0) is 18.9 Å². The van der Waals surface area contributed by atoms with Crippen molar-refractivity contribution in [2.75, 3.05) is 6.54 Å². The summed E-state index contributed by atoms with van der Waals surface area (Å²) in [5.41, 5.74) is 0.0519. The summed E-state index contributed by atoms with van der Waals surface area (Å²) in [6, 6.07) is 1.86. The number of hydrogen-bond acceptors (Lipinski definition) is 3. The first kappa shape index (κ1) is 13.6. The average Bonchev–Trinajstić information content (AvgIpc) is 2.79. The molecule has 1 aromatic rings. The van der Waals surface area contributed by atoms with Crippen LogP contribution in [-0.2, 0) is 23.2 Å². The Morgan fingerprint density at radius 1 is 1.37 bits per heavy atom. The van der Waals surface area contributed by atoms with Crippen LogP contribution in [0.3, 0.4) is 0 Å². The van der Waals surface area contributed by atoms with Gasteiger partial charge in [0.2, 0.25) is 11.8 Å². The molecule has 19 heavy (non-hydrogen) atoms. The van der Waals surface area contributed by atoms with E-state index in [9.17, 15) is 9.59 Å². The van der Waals surface area contributed by atoms with Crippen molar-refractivity contribution in [3.8, 4) is 0 Å². The molecule has 0 aliphatic carbocycles. The summed E-state index contributed by atoms with van der Waals surface area (Å²) in [4.78, 5) is 26.0. The lowest BCUT2D eigenvalue weighted by Gasteiger charge is -2.40. The van der Waals surface area contributed by atoms with Crippen LogP contribution in [0.5, 0.6) is 0 Å². The van der Waals surface area contributed by atoms with E-state index in [0.717, 1.165) is 5.69 Å². The molecule has 104 valence electrons. The van der Waals surface area contributed by atoms with Crippen LogP contribution in [0.1, 0.15) is 32.4 Å². The van der Waals surface area contributed by atoms with E-state index >= 15 is 0 Å². The summed E-state index contributed by atoms with van der Waals surface area (Å²) in [5, 5.41) is 7.10. The first-order chi connectivity index (χ1) is 9.00. The number of nitrogens with one attached hydrogen (secondary N) is 1. The summed E-state index contributed by atoms with van der Waals surface area (Å²) >= 11 is 0. The number of amides is 2. The molecule has 1 fully saturated rings. The van der Waals surface area contributed by atoms with Crippen LogP contribution < -0.4 is 5.32 Å². The molecule has 1 saturated heterocycles. The molecule has 0 atom stereocenters. The summed E-state index contributed by atoms with van der Waals surface area (Å²) < 4.78 is 1.69. The van der Waals surface area contributed by atoms with Crippen molar-refractivity contribution in [1.29, 1.82) is 0 Å². The molecule has 1 aliphatic heterocycles. The Morgan fingerprint density at radius 2 is 2.05 bits per heavy atom. The van der Waals surface area contributed by atoms with Crippen LogP contribution in [0.15, 0.2) is 12.3 Å². The minimum absolute atomic E-state index is 0.0113. The van der Waals surface area contributed by atoms with Gasteiger partial charge in [-0.15, -0.1) is 0 Å². The number of hydrogen-bond donors (Lipinski definition) is 1. The number of aromatic nitrogens is 2. The lowest BCUT2D eigenvalue weighted by Crippen LogP contribution is -2.65. The Bertz CT molecular complexity index is 491. The van der Waals surface area contributed by atoms with Crippen molar-refractivity contribution >= 4 is 11.8 Å². The van der Waals surface area contributed by atoms with Gasteiger partial charge in [0.05, 0.1) is 12.2 Å². The number of piperazine rings is 1. The largest absolute Gasteiger partial charge is 0.340 e. The Labute approximate surface area is 112 Å². The number of rotatable bonds is 4. The second kappa shape index (κ2) is 5.03. The highest BCUT2D eigenvalue weighted by Crippen LogP contribution is 2.23. The molecule has 2 amide bonds. The van der Waals surface area contributed by atoms with E-state index in [1.165, 1.54) is 0 Å². The quantitative estimate of drug-likeness (QED) is 0.858. The van der Waals surface area contributed by atoms with Crippen LogP contribution in [-0.4, -0.2) is 38.6 Å². The molecular formula is C13H20N4O2. The van der Waals surface area contributed by atoms with Gasteiger partial charge in [-0.25, -0.2) is 0 Å². The Kier molecular flexibility index (Phi) is 3.59. The SMILES string of the molecule is CCC1(CC)NC(=O)CN(Cc2ccn(C)n2)C1=O. The standard InChI is InChI=1S/C13H20N4O2/c1-4-13(5-2)12(19)17(9-11(18)14-13)8-10-6-7-16(3)15-10/h6-7H,4-5,8-9H2,1-3H3,(H,14,18). The highest BCUT2D eigenvalue weighted by Gasteiger charge is 2.43. The van der Waals surface area contributed by atoms with Gasteiger partial charge in [0.25, 0.3) is 0 Å². The Morgan fingerprint density at radius 3 is 2.58 bits per heavy atom. The second-order valence-corrected chi connectivity index (χ2v) is 4.98. The topological polar surface area (TPSA) is 67.2 Å². The number of aryl methyl sites for hydroxylation is 1. The van der Waals surface area contributed by atoms with Crippen LogP contribution in [0, 0.1) is 0 Å². The maximum atomic E-state index is 12.5. The van der Waals surface area contributed by atoms with Crippen LogP contribution in [0.25, 0.3) is 0 Å². The first-order valence-electron chi connectivity index (χ1n) is 6.59. The number of carbonyl (C=O) groups excluding carboxylic acids is 2. The summed E-state index contributed by atoms with van der Waals surface area (Å²) in [6.07, 6.45) is 3.04. The first-order valence-corrected chi connectivity index (χ1v) is 6.59. The zero-order valence-electron chi connectivity index (χ0n) is 11.6. The molecule has 1 N–H and O–H groups in total. The second-order valence-electron chi connectivity index (χ2n) is 4.98. The van der Waals surface area contributed by atoms with Crippen molar-refractivity contribution < 1.29 is 9.59 Å². The van der Waals surface area contributed by atoms with E-state index in [1.54, 1.807) is 9.58 Å². The van der Waals surface area contributed by atoms with Crippen molar-refractivity contribution in [3.05, 3.63) is 18.0 Å². The average molecular weight is 264 g/mol. The van der Waals surface area contributed by atoms with Crippen molar-refractivity contribution in [2.45, 2.75) is 38.8 Å². The summed E-state index contributed by atoms with van der Waals surface area (Å²) in [5.74, 6) is -0.109. The molecular weight excluding hydrogens is 244 g/mol. The third-order valence-electron chi connectivity index (χ3n) is 3.74. The molecule has 0 bridgehead atoms. The molecule has 1 aliphatic rings. The van der Waals surface area contributed by atoms with Gasteiger partial charge in [0.1, 0.15) is 12.1 Å². The lowest BCUT2D eigenvalue weighted by atomic mass is 9.89. The van der Waals surface area contributed by atoms with Gasteiger partial charge in [0, 0.05) is 13.2 Å². The Hall–Kier alpha value is -1.85. The van der Waals surface area contributed by atoms with E-state index in [2.05, 4.69) is 10.4 Å². The van der Waals surface area contributed by atoms with Gasteiger partial charge in [0.15, 0.2) is 0 Å². The lowest BCUT2D eigenvalue weighted by molar-refractivity contribution is -0.151. The van der Waals surface area contributed by atoms with E-state index in [1.807, 2.05) is 33.2 Å². The van der Waals surface area contributed by atoms with Crippen LogP contribution >= 0.6 is 0 Å². The third-order valence-corrected chi connectivity index (χ3v) is 3.74. The predicted octanol–water partition coefficient (Wildman–Crippen LogP) is 0.437. The Balaban J connectivity index is 2.20. The molecule has 6 nitrogen and oxygen atoms in total.